The molecule has 0 bridgehead atoms. The molecule has 1 unspecified atom stereocenters. The predicted octanol–water partition coefficient (Wildman–Crippen LogP) is 2.92. The molecular formula is C16H22F2N2O. The average molecular weight is 296 g/mol. The zero-order chi connectivity index (χ0) is 15.2. The van der Waals surface area contributed by atoms with Crippen LogP contribution in [0, 0.1) is 17.6 Å². The van der Waals surface area contributed by atoms with E-state index in [0.717, 1.165) is 19.0 Å². The molecule has 0 heterocycles. The summed E-state index contributed by atoms with van der Waals surface area (Å²) in [6, 6.07) is 3.07. The minimum Gasteiger partial charge on any atom is -0.348 e. The fourth-order valence-corrected chi connectivity index (χ4v) is 2.34. The first kappa shape index (κ1) is 15.9. The molecule has 1 amide bonds. The average Bonchev–Trinajstić information content (AvgIpc) is 3.22. The van der Waals surface area contributed by atoms with E-state index in [1.807, 2.05) is 6.92 Å². The van der Waals surface area contributed by atoms with E-state index in [9.17, 15) is 13.6 Å². The lowest BCUT2D eigenvalue weighted by Gasteiger charge is -2.19. The van der Waals surface area contributed by atoms with Gasteiger partial charge in [0.1, 0.15) is 11.6 Å². The van der Waals surface area contributed by atoms with Crippen LogP contribution < -0.4 is 10.6 Å². The van der Waals surface area contributed by atoms with Crippen LogP contribution in [0.2, 0.25) is 0 Å². The first-order chi connectivity index (χ1) is 10.1. The van der Waals surface area contributed by atoms with Crippen LogP contribution in [0.1, 0.15) is 44.2 Å². The van der Waals surface area contributed by atoms with E-state index in [4.69, 9.17) is 0 Å². The van der Waals surface area contributed by atoms with Gasteiger partial charge in [-0.1, -0.05) is 19.4 Å². The first-order valence-electron chi connectivity index (χ1n) is 7.55. The van der Waals surface area contributed by atoms with E-state index >= 15 is 0 Å². The summed E-state index contributed by atoms with van der Waals surface area (Å²) in [7, 11) is 0. The second kappa shape index (κ2) is 7.50. The summed E-state index contributed by atoms with van der Waals surface area (Å²) in [5.74, 6) is -0.666. The van der Waals surface area contributed by atoms with Crippen LogP contribution in [0.15, 0.2) is 18.2 Å². The summed E-state index contributed by atoms with van der Waals surface area (Å²) in [5, 5.41) is 5.93. The monoisotopic (exact) mass is 296 g/mol. The van der Waals surface area contributed by atoms with Crippen molar-refractivity contribution in [1.82, 2.24) is 10.6 Å². The van der Waals surface area contributed by atoms with Crippen LogP contribution >= 0.6 is 0 Å². The van der Waals surface area contributed by atoms with Crippen LogP contribution in [0.3, 0.4) is 0 Å². The number of hydrogen-bond acceptors (Lipinski definition) is 2. The van der Waals surface area contributed by atoms with Gasteiger partial charge in [0.25, 0.3) is 0 Å². The number of amides is 1. The topological polar surface area (TPSA) is 41.1 Å². The van der Waals surface area contributed by atoms with E-state index in [1.54, 1.807) is 0 Å². The summed E-state index contributed by atoms with van der Waals surface area (Å²) in [5.41, 5.74) is 0.341. The fraction of sp³-hybridized carbons (Fsp3) is 0.562. The highest BCUT2D eigenvalue weighted by atomic mass is 19.1. The van der Waals surface area contributed by atoms with Crippen molar-refractivity contribution in [3.63, 3.8) is 0 Å². The fourth-order valence-electron chi connectivity index (χ4n) is 2.34. The van der Waals surface area contributed by atoms with E-state index in [-0.39, 0.29) is 12.5 Å². The predicted molar refractivity (Wildman–Crippen MR) is 77.7 cm³/mol. The smallest absolute Gasteiger partial charge is 0.234 e. The Bertz CT molecular complexity index is 489. The molecule has 1 aliphatic rings. The van der Waals surface area contributed by atoms with Gasteiger partial charge in [-0.05, 0) is 37.8 Å². The van der Waals surface area contributed by atoms with Gasteiger partial charge in [-0.25, -0.2) is 8.78 Å². The minimum atomic E-state index is -0.611. The van der Waals surface area contributed by atoms with Crippen molar-refractivity contribution in [2.75, 3.05) is 13.1 Å². The maximum Gasteiger partial charge on any atom is 0.234 e. The summed E-state index contributed by atoms with van der Waals surface area (Å²) in [4.78, 5) is 11.9. The van der Waals surface area contributed by atoms with Crippen molar-refractivity contribution in [2.45, 2.75) is 38.6 Å². The normalized spacial score (nSPS) is 15.8. The van der Waals surface area contributed by atoms with Crippen LogP contribution in [0.5, 0.6) is 0 Å². The number of hydrogen-bond donors (Lipinski definition) is 2. The molecule has 1 aliphatic carbocycles. The molecule has 1 aromatic rings. The number of carbonyl (C=O) groups excluding carboxylic acids is 1. The summed E-state index contributed by atoms with van der Waals surface area (Å²) >= 11 is 0. The van der Waals surface area contributed by atoms with Gasteiger partial charge in [0.2, 0.25) is 5.91 Å². The standard InChI is InChI=1S/C16H22F2N2O/c1-2-3-15(13-7-6-12(17)8-14(13)18)20-16(21)10-19-9-11-4-5-11/h6-8,11,15,19H,2-5,9-10H2,1H3,(H,20,21). The Kier molecular flexibility index (Phi) is 5.67. The van der Waals surface area contributed by atoms with Crippen molar-refractivity contribution >= 4 is 5.91 Å². The summed E-state index contributed by atoms with van der Waals surface area (Å²) < 4.78 is 26.8. The van der Waals surface area contributed by atoms with Gasteiger partial charge in [0, 0.05) is 11.6 Å². The molecule has 0 aliphatic heterocycles. The zero-order valence-corrected chi connectivity index (χ0v) is 12.3. The van der Waals surface area contributed by atoms with Crippen molar-refractivity contribution in [2.24, 2.45) is 5.92 Å². The molecule has 116 valence electrons. The van der Waals surface area contributed by atoms with Gasteiger partial charge in [0.05, 0.1) is 12.6 Å². The Labute approximate surface area is 124 Å². The second-order valence-electron chi connectivity index (χ2n) is 5.65. The zero-order valence-electron chi connectivity index (χ0n) is 12.3. The first-order valence-corrected chi connectivity index (χ1v) is 7.55. The number of benzene rings is 1. The minimum absolute atomic E-state index is 0.155. The maximum absolute atomic E-state index is 13.8. The Morgan fingerprint density at radius 1 is 1.38 bits per heavy atom. The van der Waals surface area contributed by atoms with Crippen molar-refractivity contribution in [3.05, 3.63) is 35.4 Å². The molecule has 1 fully saturated rings. The molecule has 0 spiro atoms. The second-order valence-corrected chi connectivity index (χ2v) is 5.65. The maximum atomic E-state index is 13.8. The third kappa shape index (κ3) is 5.08. The molecule has 3 nitrogen and oxygen atoms in total. The number of halogens is 2. The Morgan fingerprint density at radius 3 is 2.76 bits per heavy atom. The van der Waals surface area contributed by atoms with Crippen molar-refractivity contribution < 1.29 is 13.6 Å². The molecule has 0 radical (unpaired) electrons. The third-order valence-corrected chi connectivity index (χ3v) is 3.67. The Morgan fingerprint density at radius 2 is 2.14 bits per heavy atom. The molecule has 21 heavy (non-hydrogen) atoms. The molecule has 2 rings (SSSR count). The van der Waals surface area contributed by atoms with Crippen LogP contribution in [-0.2, 0) is 4.79 Å². The largest absolute Gasteiger partial charge is 0.348 e. The molecule has 0 saturated heterocycles. The molecule has 1 aromatic carbocycles. The highest BCUT2D eigenvalue weighted by Gasteiger charge is 2.21. The Balaban J connectivity index is 1.91. The Hall–Kier alpha value is -1.49. The SMILES string of the molecule is CCCC(NC(=O)CNCC1CC1)c1ccc(F)cc1F. The molecule has 0 aromatic heterocycles. The van der Waals surface area contributed by atoms with Crippen LogP contribution in [0.4, 0.5) is 8.78 Å². The molecule has 5 heteroatoms. The quantitative estimate of drug-likeness (QED) is 0.774. The van der Waals surface area contributed by atoms with Gasteiger partial charge < -0.3 is 10.6 Å². The van der Waals surface area contributed by atoms with Gasteiger partial charge in [-0.15, -0.1) is 0 Å². The van der Waals surface area contributed by atoms with Crippen LogP contribution in [-0.4, -0.2) is 19.0 Å². The highest BCUT2D eigenvalue weighted by molar-refractivity contribution is 5.78. The van der Waals surface area contributed by atoms with E-state index < -0.39 is 17.7 Å². The molecular weight excluding hydrogens is 274 g/mol. The van der Waals surface area contributed by atoms with E-state index in [2.05, 4.69) is 10.6 Å². The summed E-state index contributed by atoms with van der Waals surface area (Å²) in [6.07, 6.45) is 3.88. The van der Waals surface area contributed by atoms with Gasteiger partial charge in [-0.2, -0.15) is 0 Å². The summed E-state index contributed by atoms with van der Waals surface area (Å²) in [6.45, 7) is 3.06. The lowest BCUT2D eigenvalue weighted by molar-refractivity contribution is -0.121. The number of nitrogens with one attached hydrogen (secondary N) is 2. The van der Waals surface area contributed by atoms with Crippen molar-refractivity contribution in [3.8, 4) is 0 Å². The lowest BCUT2D eigenvalue weighted by atomic mass is 10.0. The number of carbonyl (C=O) groups is 1. The molecule has 1 saturated carbocycles. The van der Waals surface area contributed by atoms with Gasteiger partial charge >= 0.3 is 0 Å². The van der Waals surface area contributed by atoms with E-state index in [0.29, 0.717) is 17.9 Å². The van der Waals surface area contributed by atoms with E-state index in [1.165, 1.54) is 25.0 Å². The highest BCUT2D eigenvalue weighted by Crippen LogP contribution is 2.27. The molecule has 1 atom stereocenters. The van der Waals surface area contributed by atoms with Crippen LogP contribution in [0.25, 0.3) is 0 Å². The lowest BCUT2D eigenvalue weighted by Crippen LogP contribution is -2.37. The van der Waals surface area contributed by atoms with Gasteiger partial charge in [-0.3, -0.25) is 4.79 Å². The number of rotatable bonds is 8. The van der Waals surface area contributed by atoms with Crippen molar-refractivity contribution in [1.29, 1.82) is 0 Å². The third-order valence-electron chi connectivity index (χ3n) is 3.67. The molecule has 2 N–H and O–H groups in total. The van der Waals surface area contributed by atoms with Gasteiger partial charge in [0.15, 0.2) is 0 Å².